The minimum Gasteiger partial charge on any atom is -0.507 e. The van der Waals surface area contributed by atoms with E-state index in [0.29, 0.717) is 11.7 Å². The van der Waals surface area contributed by atoms with Gasteiger partial charge < -0.3 is 16.2 Å². The lowest BCUT2D eigenvalue weighted by Gasteiger charge is -2.28. The molecule has 1 aliphatic rings. The van der Waals surface area contributed by atoms with Crippen molar-refractivity contribution in [2.24, 2.45) is 0 Å². The summed E-state index contributed by atoms with van der Waals surface area (Å²) in [5.74, 6) is -0.342. The first-order chi connectivity index (χ1) is 12.0. The summed E-state index contributed by atoms with van der Waals surface area (Å²) in [6.07, 6.45) is 3.73. The Morgan fingerprint density at radius 2 is 2.00 bits per heavy atom. The number of phenols is 1. The molecule has 3 rings (SSSR count). The molecule has 0 amide bonds. The molecule has 1 aromatic carbocycles. The maximum absolute atomic E-state index is 13.6. The first kappa shape index (κ1) is 17.1. The summed E-state index contributed by atoms with van der Waals surface area (Å²) in [5.41, 5.74) is 6.98. The topological polar surface area (TPSA) is 108 Å². The van der Waals surface area contributed by atoms with Gasteiger partial charge in [0.05, 0.1) is 11.3 Å². The molecule has 0 aliphatic heterocycles. The van der Waals surface area contributed by atoms with Crippen molar-refractivity contribution < 1.29 is 9.50 Å². The Kier molecular flexibility index (Phi) is 4.81. The zero-order valence-corrected chi connectivity index (χ0v) is 14.0. The van der Waals surface area contributed by atoms with E-state index in [1.807, 2.05) is 7.05 Å². The van der Waals surface area contributed by atoms with Gasteiger partial charge in [0.2, 0.25) is 0 Å². The van der Waals surface area contributed by atoms with Gasteiger partial charge in [-0.15, -0.1) is 0 Å². The highest BCUT2D eigenvalue weighted by Gasteiger charge is 2.27. The third-order valence-electron chi connectivity index (χ3n) is 4.80. The number of aromatic nitrogens is 2. The molecule has 1 heterocycles. The van der Waals surface area contributed by atoms with Crippen molar-refractivity contribution in [3.8, 4) is 23.2 Å². The molecule has 6 nitrogen and oxygen atoms in total. The number of nitrogens with two attached hydrogens (primary N) is 1. The third kappa shape index (κ3) is 3.39. The summed E-state index contributed by atoms with van der Waals surface area (Å²) in [5, 5.41) is 22.7. The number of benzene rings is 1. The number of halogens is 1. The van der Waals surface area contributed by atoms with Crippen LogP contribution in [-0.2, 0) is 0 Å². The highest BCUT2D eigenvalue weighted by molar-refractivity contribution is 5.67. The predicted octanol–water partition coefficient (Wildman–Crippen LogP) is 2.69. The highest BCUT2D eigenvalue weighted by atomic mass is 19.1. The van der Waals surface area contributed by atoms with E-state index in [2.05, 4.69) is 21.4 Å². The van der Waals surface area contributed by atoms with Crippen LogP contribution in [0.25, 0.3) is 11.4 Å². The van der Waals surface area contributed by atoms with Gasteiger partial charge in [-0.05, 0) is 50.9 Å². The molecule has 2 aromatic rings. The maximum atomic E-state index is 13.6. The number of nitriles is 1. The van der Waals surface area contributed by atoms with Crippen LogP contribution in [0.15, 0.2) is 18.2 Å². The standard InChI is InChI=1S/C18H20FN5O/c1-22-12-5-2-10(3-6-12)16-14(9-20)17(21)24-18(23-16)13-8-11(19)4-7-15(13)25/h4,7-8,10,12,22,25H,2-3,5-6H2,1H3,(H2,21,23,24). The zero-order valence-electron chi connectivity index (χ0n) is 14.0. The van der Waals surface area contributed by atoms with Crippen molar-refractivity contribution in [2.45, 2.75) is 37.6 Å². The number of hydrogen-bond donors (Lipinski definition) is 3. The number of phenolic OH excluding ortho intramolecular Hbond substituents is 1. The second-order valence-electron chi connectivity index (χ2n) is 6.30. The zero-order chi connectivity index (χ0) is 18.0. The average Bonchev–Trinajstić information content (AvgIpc) is 2.63. The van der Waals surface area contributed by atoms with Crippen molar-refractivity contribution in [3.63, 3.8) is 0 Å². The Morgan fingerprint density at radius 3 is 2.64 bits per heavy atom. The Hall–Kier alpha value is -2.72. The Labute approximate surface area is 145 Å². The quantitative estimate of drug-likeness (QED) is 0.792. The molecule has 7 heteroatoms. The van der Waals surface area contributed by atoms with Crippen LogP contribution < -0.4 is 11.1 Å². The molecular formula is C18H20FN5O. The van der Waals surface area contributed by atoms with Gasteiger partial charge in [-0.2, -0.15) is 5.26 Å². The van der Waals surface area contributed by atoms with Crippen molar-refractivity contribution in [1.29, 1.82) is 5.26 Å². The molecule has 25 heavy (non-hydrogen) atoms. The van der Waals surface area contributed by atoms with Crippen LogP contribution in [0.3, 0.4) is 0 Å². The SMILES string of the molecule is CNC1CCC(c2nc(-c3cc(F)ccc3O)nc(N)c2C#N)CC1. The smallest absolute Gasteiger partial charge is 0.165 e. The minimum absolute atomic E-state index is 0.0573. The van der Waals surface area contributed by atoms with Crippen LogP contribution in [0.4, 0.5) is 10.2 Å². The molecule has 1 aromatic heterocycles. The Bertz CT molecular complexity index is 825. The number of nitrogens with zero attached hydrogens (tertiary/aromatic N) is 3. The van der Waals surface area contributed by atoms with E-state index in [1.165, 1.54) is 6.07 Å². The summed E-state index contributed by atoms with van der Waals surface area (Å²) in [4.78, 5) is 8.60. The maximum Gasteiger partial charge on any atom is 0.165 e. The van der Waals surface area contributed by atoms with E-state index in [9.17, 15) is 14.8 Å². The number of nitrogen functional groups attached to an aromatic ring is 1. The van der Waals surface area contributed by atoms with E-state index in [-0.39, 0.29) is 34.4 Å². The summed E-state index contributed by atoms with van der Waals surface area (Å²) >= 11 is 0. The Balaban J connectivity index is 2.05. The number of aromatic hydroxyl groups is 1. The highest BCUT2D eigenvalue weighted by Crippen LogP contribution is 2.36. The molecule has 0 bridgehead atoms. The van der Waals surface area contributed by atoms with E-state index in [4.69, 9.17) is 5.73 Å². The van der Waals surface area contributed by atoms with E-state index in [0.717, 1.165) is 37.8 Å². The fourth-order valence-electron chi connectivity index (χ4n) is 3.37. The molecule has 0 unspecified atom stereocenters. The van der Waals surface area contributed by atoms with Gasteiger partial charge in [0.15, 0.2) is 5.82 Å². The molecule has 0 radical (unpaired) electrons. The summed E-state index contributed by atoms with van der Waals surface area (Å²) in [6, 6.07) is 6.13. The number of rotatable bonds is 3. The van der Waals surface area contributed by atoms with Gasteiger partial charge in [-0.1, -0.05) is 0 Å². The number of anilines is 1. The van der Waals surface area contributed by atoms with Crippen molar-refractivity contribution in [3.05, 3.63) is 35.3 Å². The van der Waals surface area contributed by atoms with Crippen LogP contribution in [0.1, 0.15) is 42.9 Å². The van der Waals surface area contributed by atoms with Crippen molar-refractivity contribution in [1.82, 2.24) is 15.3 Å². The number of nitrogens with one attached hydrogen (secondary N) is 1. The van der Waals surface area contributed by atoms with E-state index in [1.54, 1.807) is 0 Å². The van der Waals surface area contributed by atoms with Crippen LogP contribution in [-0.4, -0.2) is 28.2 Å². The monoisotopic (exact) mass is 341 g/mol. The van der Waals surface area contributed by atoms with Gasteiger partial charge in [0.1, 0.15) is 29.0 Å². The molecular weight excluding hydrogens is 321 g/mol. The largest absolute Gasteiger partial charge is 0.507 e. The molecule has 0 atom stereocenters. The fourth-order valence-corrected chi connectivity index (χ4v) is 3.37. The van der Waals surface area contributed by atoms with Gasteiger partial charge in [0.25, 0.3) is 0 Å². The average molecular weight is 341 g/mol. The number of hydrogen-bond acceptors (Lipinski definition) is 6. The molecule has 0 spiro atoms. The molecule has 1 saturated carbocycles. The lowest BCUT2D eigenvalue weighted by molar-refractivity contribution is 0.354. The van der Waals surface area contributed by atoms with Gasteiger partial charge >= 0.3 is 0 Å². The summed E-state index contributed by atoms with van der Waals surface area (Å²) in [7, 11) is 1.94. The van der Waals surface area contributed by atoms with Crippen LogP contribution >= 0.6 is 0 Å². The van der Waals surface area contributed by atoms with Gasteiger partial charge in [0, 0.05) is 12.0 Å². The van der Waals surface area contributed by atoms with Crippen molar-refractivity contribution in [2.75, 3.05) is 12.8 Å². The van der Waals surface area contributed by atoms with Gasteiger partial charge in [-0.3, -0.25) is 0 Å². The first-order valence-corrected chi connectivity index (χ1v) is 8.27. The van der Waals surface area contributed by atoms with E-state index >= 15 is 0 Å². The third-order valence-corrected chi connectivity index (χ3v) is 4.80. The first-order valence-electron chi connectivity index (χ1n) is 8.27. The lowest BCUT2D eigenvalue weighted by atomic mass is 9.82. The Morgan fingerprint density at radius 1 is 1.28 bits per heavy atom. The van der Waals surface area contributed by atoms with Crippen LogP contribution in [0.2, 0.25) is 0 Å². The predicted molar refractivity (Wildman–Crippen MR) is 92.3 cm³/mol. The van der Waals surface area contributed by atoms with Gasteiger partial charge in [-0.25, -0.2) is 14.4 Å². The molecule has 130 valence electrons. The summed E-state index contributed by atoms with van der Waals surface area (Å²) in [6.45, 7) is 0. The molecule has 1 aliphatic carbocycles. The molecule has 1 fully saturated rings. The van der Waals surface area contributed by atoms with Crippen molar-refractivity contribution >= 4 is 5.82 Å². The van der Waals surface area contributed by atoms with Crippen LogP contribution in [0, 0.1) is 17.1 Å². The van der Waals surface area contributed by atoms with Crippen LogP contribution in [0.5, 0.6) is 5.75 Å². The second-order valence-corrected chi connectivity index (χ2v) is 6.30. The molecule has 0 saturated heterocycles. The fraction of sp³-hybridized carbons (Fsp3) is 0.389. The normalized spacial score (nSPS) is 20.2. The summed E-state index contributed by atoms with van der Waals surface area (Å²) < 4.78 is 13.6. The lowest BCUT2D eigenvalue weighted by Crippen LogP contribution is -2.30. The van der Waals surface area contributed by atoms with E-state index < -0.39 is 5.82 Å². The molecule has 4 N–H and O–H groups in total. The second kappa shape index (κ2) is 7.03. The minimum atomic E-state index is -0.504.